The fraction of sp³-hybridized carbons (Fsp3) is 0.364. The van der Waals surface area contributed by atoms with Crippen molar-refractivity contribution in [1.29, 1.82) is 0 Å². The number of nitrogens with zero attached hydrogens (tertiary/aromatic N) is 3. The fourth-order valence-corrected chi connectivity index (χ4v) is 4.25. The molecule has 0 bridgehead atoms. The molecule has 0 saturated heterocycles. The number of carbonyl (C=O) groups excluding carboxylic acids is 1. The van der Waals surface area contributed by atoms with E-state index in [-0.39, 0.29) is 5.91 Å². The van der Waals surface area contributed by atoms with E-state index in [0.29, 0.717) is 6.54 Å². The van der Waals surface area contributed by atoms with E-state index in [9.17, 15) is 4.79 Å². The SMILES string of the molecule is Cc1ccc(C(=O)N(CCCN(C)C)c2nc3ccc(C)cc3s2)c(C)c1. The Bertz CT molecular complexity index is 961. The molecular weight excluding hydrogens is 354 g/mol. The highest BCUT2D eigenvalue weighted by atomic mass is 32.1. The van der Waals surface area contributed by atoms with Gasteiger partial charge in [-0.3, -0.25) is 9.69 Å². The predicted molar refractivity (Wildman–Crippen MR) is 115 cm³/mol. The lowest BCUT2D eigenvalue weighted by Gasteiger charge is -2.22. The molecule has 0 N–H and O–H groups in total. The third-order valence-corrected chi connectivity index (χ3v) is 5.65. The number of hydrogen-bond acceptors (Lipinski definition) is 4. The third-order valence-electron chi connectivity index (χ3n) is 4.61. The summed E-state index contributed by atoms with van der Waals surface area (Å²) in [6.45, 7) is 7.71. The number of anilines is 1. The molecule has 0 unspecified atom stereocenters. The number of carbonyl (C=O) groups is 1. The van der Waals surface area contributed by atoms with Gasteiger partial charge in [0.05, 0.1) is 10.2 Å². The van der Waals surface area contributed by atoms with E-state index in [0.717, 1.165) is 39.4 Å². The molecule has 1 amide bonds. The maximum absolute atomic E-state index is 13.4. The van der Waals surface area contributed by atoms with Crippen LogP contribution in [-0.2, 0) is 0 Å². The standard InChI is InChI=1S/C22H27N3OS/c1-15-7-9-18(17(3)13-15)21(26)25(12-6-11-24(4)5)22-23-19-10-8-16(2)14-20(19)27-22/h7-10,13-14H,6,11-12H2,1-5H3. The van der Waals surface area contributed by atoms with Gasteiger partial charge in [-0.25, -0.2) is 4.98 Å². The van der Waals surface area contributed by atoms with E-state index >= 15 is 0 Å². The van der Waals surface area contributed by atoms with E-state index in [1.165, 1.54) is 11.1 Å². The smallest absolute Gasteiger partial charge is 0.260 e. The second-order valence-electron chi connectivity index (χ2n) is 7.40. The first-order valence-electron chi connectivity index (χ1n) is 9.26. The highest BCUT2D eigenvalue weighted by molar-refractivity contribution is 7.22. The van der Waals surface area contributed by atoms with Crippen LogP contribution >= 0.6 is 11.3 Å². The first-order valence-corrected chi connectivity index (χ1v) is 10.1. The second kappa shape index (κ2) is 8.19. The van der Waals surface area contributed by atoms with Crippen LogP contribution in [0.4, 0.5) is 5.13 Å². The zero-order valence-electron chi connectivity index (χ0n) is 16.7. The van der Waals surface area contributed by atoms with Crippen LogP contribution in [0.2, 0.25) is 0 Å². The van der Waals surface area contributed by atoms with Gasteiger partial charge < -0.3 is 4.90 Å². The molecule has 0 aliphatic carbocycles. The molecule has 0 radical (unpaired) electrons. The lowest BCUT2D eigenvalue weighted by molar-refractivity contribution is 0.0985. The zero-order valence-corrected chi connectivity index (χ0v) is 17.6. The molecule has 27 heavy (non-hydrogen) atoms. The van der Waals surface area contributed by atoms with E-state index in [1.54, 1.807) is 11.3 Å². The number of benzene rings is 2. The maximum Gasteiger partial charge on any atom is 0.260 e. The number of thiazole rings is 1. The first-order chi connectivity index (χ1) is 12.8. The molecule has 0 spiro atoms. The summed E-state index contributed by atoms with van der Waals surface area (Å²) in [7, 11) is 4.10. The minimum absolute atomic E-state index is 0.0297. The average molecular weight is 382 g/mol. The minimum Gasteiger partial charge on any atom is -0.309 e. The average Bonchev–Trinajstić information content (AvgIpc) is 3.00. The minimum atomic E-state index is 0.0297. The van der Waals surface area contributed by atoms with Crippen LogP contribution in [0.5, 0.6) is 0 Å². The van der Waals surface area contributed by atoms with Crippen LogP contribution in [0.1, 0.15) is 33.5 Å². The monoisotopic (exact) mass is 381 g/mol. The van der Waals surface area contributed by atoms with Gasteiger partial charge in [-0.05, 0) is 77.2 Å². The van der Waals surface area contributed by atoms with Crippen molar-refractivity contribution in [1.82, 2.24) is 9.88 Å². The van der Waals surface area contributed by atoms with E-state index in [2.05, 4.69) is 44.1 Å². The molecule has 0 aliphatic rings. The summed E-state index contributed by atoms with van der Waals surface area (Å²) in [5.41, 5.74) is 5.08. The lowest BCUT2D eigenvalue weighted by Crippen LogP contribution is -2.33. The Labute approximate surface area is 165 Å². The number of rotatable bonds is 6. The molecule has 5 heteroatoms. The molecule has 0 fully saturated rings. The van der Waals surface area contributed by atoms with Gasteiger partial charge in [0.15, 0.2) is 5.13 Å². The molecule has 142 valence electrons. The van der Waals surface area contributed by atoms with Gasteiger partial charge in [0.2, 0.25) is 0 Å². The van der Waals surface area contributed by atoms with Crippen LogP contribution in [-0.4, -0.2) is 43.0 Å². The lowest BCUT2D eigenvalue weighted by atomic mass is 10.0. The van der Waals surface area contributed by atoms with Gasteiger partial charge in [-0.2, -0.15) is 0 Å². The molecule has 2 aromatic carbocycles. The summed E-state index contributed by atoms with van der Waals surface area (Å²) >= 11 is 1.59. The third kappa shape index (κ3) is 4.54. The Hall–Kier alpha value is -2.24. The van der Waals surface area contributed by atoms with Gasteiger partial charge in [0, 0.05) is 12.1 Å². The van der Waals surface area contributed by atoms with E-state index in [4.69, 9.17) is 4.98 Å². The van der Waals surface area contributed by atoms with Crippen molar-refractivity contribution in [2.45, 2.75) is 27.2 Å². The summed E-state index contributed by atoms with van der Waals surface area (Å²) < 4.78 is 1.12. The predicted octanol–water partition coefficient (Wildman–Crippen LogP) is 4.82. The Morgan fingerprint density at radius 2 is 1.70 bits per heavy atom. The Balaban J connectivity index is 1.97. The maximum atomic E-state index is 13.4. The first kappa shape index (κ1) is 19.5. The normalized spacial score (nSPS) is 11.3. The highest BCUT2D eigenvalue weighted by Crippen LogP contribution is 2.31. The summed E-state index contributed by atoms with van der Waals surface area (Å²) in [4.78, 5) is 22.1. The van der Waals surface area contributed by atoms with Gasteiger partial charge in [0.25, 0.3) is 5.91 Å². The molecule has 4 nitrogen and oxygen atoms in total. The molecule has 0 atom stereocenters. The number of aromatic nitrogens is 1. The van der Waals surface area contributed by atoms with Crippen molar-refractivity contribution in [3.05, 3.63) is 58.7 Å². The summed E-state index contributed by atoms with van der Waals surface area (Å²) in [5, 5.41) is 0.777. The summed E-state index contributed by atoms with van der Waals surface area (Å²) in [6.07, 6.45) is 0.901. The van der Waals surface area contributed by atoms with Gasteiger partial charge >= 0.3 is 0 Å². The largest absolute Gasteiger partial charge is 0.309 e. The molecule has 0 saturated carbocycles. The van der Waals surface area contributed by atoms with Crippen molar-refractivity contribution in [2.24, 2.45) is 0 Å². The molecular formula is C22H27N3OS. The van der Waals surface area contributed by atoms with Crippen molar-refractivity contribution in [3.8, 4) is 0 Å². The van der Waals surface area contributed by atoms with Gasteiger partial charge in [-0.1, -0.05) is 35.1 Å². The number of aryl methyl sites for hydroxylation is 3. The van der Waals surface area contributed by atoms with Gasteiger partial charge in [-0.15, -0.1) is 0 Å². The Morgan fingerprint density at radius 3 is 2.41 bits per heavy atom. The second-order valence-corrected chi connectivity index (χ2v) is 8.41. The van der Waals surface area contributed by atoms with Crippen LogP contribution in [0.15, 0.2) is 36.4 Å². The van der Waals surface area contributed by atoms with Crippen molar-refractivity contribution >= 4 is 32.6 Å². The quantitative estimate of drug-likeness (QED) is 0.614. The van der Waals surface area contributed by atoms with E-state index in [1.807, 2.05) is 36.9 Å². The highest BCUT2D eigenvalue weighted by Gasteiger charge is 2.22. The van der Waals surface area contributed by atoms with Crippen molar-refractivity contribution in [3.63, 3.8) is 0 Å². The van der Waals surface area contributed by atoms with E-state index < -0.39 is 0 Å². The number of hydrogen-bond donors (Lipinski definition) is 0. The molecule has 3 aromatic rings. The van der Waals surface area contributed by atoms with Crippen molar-refractivity contribution < 1.29 is 4.79 Å². The molecule has 3 rings (SSSR count). The summed E-state index contributed by atoms with van der Waals surface area (Å²) in [5.74, 6) is 0.0297. The topological polar surface area (TPSA) is 36.4 Å². The van der Waals surface area contributed by atoms with Crippen LogP contribution in [0.25, 0.3) is 10.2 Å². The van der Waals surface area contributed by atoms with Crippen molar-refractivity contribution in [2.75, 3.05) is 32.1 Å². The Morgan fingerprint density at radius 1 is 1.00 bits per heavy atom. The molecule has 0 aliphatic heterocycles. The zero-order chi connectivity index (χ0) is 19.6. The van der Waals surface area contributed by atoms with Crippen LogP contribution in [0, 0.1) is 20.8 Å². The van der Waals surface area contributed by atoms with Crippen LogP contribution < -0.4 is 4.90 Å². The molecule has 1 aromatic heterocycles. The summed E-state index contributed by atoms with van der Waals surface area (Å²) in [6, 6.07) is 12.2. The fourth-order valence-electron chi connectivity index (χ4n) is 3.16. The number of fused-ring (bicyclic) bond motifs is 1. The van der Waals surface area contributed by atoms with Crippen LogP contribution in [0.3, 0.4) is 0 Å². The van der Waals surface area contributed by atoms with Gasteiger partial charge in [0.1, 0.15) is 0 Å². The number of amides is 1. The Kier molecular flexibility index (Phi) is 5.92. The molecule has 1 heterocycles.